The molecule has 0 aromatic heterocycles. The van der Waals surface area contributed by atoms with E-state index in [0.717, 1.165) is 25.2 Å². The first-order valence-electron chi connectivity index (χ1n) is 9.52. The molecule has 1 atom stereocenters. The summed E-state index contributed by atoms with van der Waals surface area (Å²) < 4.78 is 5.40. The van der Waals surface area contributed by atoms with Crippen molar-refractivity contribution in [2.45, 2.75) is 38.8 Å². The van der Waals surface area contributed by atoms with Crippen LogP contribution in [0.2, 0.25) is 0 Å². The number of hydrogen-bond acceptors (Lipinski definition) is 5. The third-order valence-corrected chi connectivity index (χ3v) is 4.39. The number of carbonyl (C=O) groups is 2. The Morgan fingerprint density at radius 2 is 1.78 bits per heavy atom. The first-order chi connectivity index (χ1) is 12.7. The molecule has 7 heteroatoms. The molecule has 1 unspecified atom stereocenters. The van der Waals surface area contributed by atoms with Crippen molar-refractivity contribution in [1.29, 1.82) is 0 Å². The van der Waals surface area contributed by atoms with Crippen molar-refractivity contribution in [1.82, 2.24) is 15.1 Å². The van der Waals surface area contributed by atoms with Gasteiger partial charge in [-0.3, -0.25) is 9.69 Å². The van der Waals surface area contributed by atoms with Gasteiger partial charge < -0.3 is 20.7 Å². The lowest BCUT2D eigenvalue weighted by Crippen LogP contribution is -2.52. The number of carbonyl (C=O) groups excluding carboxylic acids is 2. The summed E-state index contributed by atoms with van der Waals surface area (Å²) in [5.41, 5.74) is 6.57. The lowest BCUT2D eigenvalue weighted by Gasteiger charge is -2.35. The quantitative estimate of drug-likeness (QED) is 0.780. The van der Waals surface area contributed by atoms with Crippen LogP contribution >= 0.6 is 0 Å². The number of nitrogens with one attached hydrogen (secondary N) is 1. The van der Waals surface area contributed by atoms with Gasteiger partial charge in [0, 0.05) is 39.3 Å². The second-order valence-electron chi connectivity index (χ2n) is 7.90. The molecule has 0 bridgehead atoms. The van der Waals surface area contributed by atoms with Crippen LogP contribution in [0.5, 0.6) is 0 Å². The second kappa shape index (κ2) is 9.71. The summed E-state index contributed by atoms with van der Waals surface area (Å²) >= 11 is 0. The maximum Gasteiger partial charge on any atom is 0.410 e. The van der Waals surface area contributed by atoms with Gasteiger partial charge in [0.15, 0.2) is 0 Å². The molecule has 1 aliphatic heterocycles. The first-order valence-corrected chi connectivity index (χ1v) is 9.52. The summed E-state index contributed by atoms with van der Waals surface area (Å²) in [4.78, 5) is 28.2. The van der Waals surface area contributed by atoms with Crippen molar-refractivity contribution < 1.29 is 14.3 Å². The predicted octanol–water partition coefficient (Wildman–Crippen LogP) is 1.23. The highest BCUT2D eigenvalue weighted by atomic mass is 16.6. The van der Waals surface area contributed by atoms with E-state index in [2.05, 4.69) is 10.2 Å². The minimum Gasteiger partial charge on any atom is -0.444 e. The van der Waals surface area contributed by atoms with E-state index in [0.29, 0.717) is 26.1 Å². The van der Waals surface area contributed by atoms with Crippen LogP contribution in [0.4, 0.5) is 4.79 Å². The Labute approximate surface area is 161 Å². The molecule has 150 valence electrons. The molecule has 27 heavy (non-hydrogen) atoms. The summed E-state index contributed by atoms with van der Waals surface area (Å²) in [6.07, 6.45) is 0.267. The SMILES string of the molecule is CC(C)(C)OC(=O)N1CCN(CCNC(=O)C(N)Cc2ccccc2)CC1. The van der Waals surface area contributed by atoms with Crippen LogP contribution in [0, 0.1) is 0 Å². The third kappa shape index (κ3) is 7.56. The fourth-order valence-electron chi connectivity index (χ4n) is 2.91. The minimum atomic E-state index is -0.545. The van der Waals surface area contributed by atoms with Gasteiger partial charge >= 0.3 is 6.09 Å². The van der Waals surface area contributed by atoms with Crippen molar-refractivity contribution in [3.8, 4) is 0 Å². The maximum atomic E-state index is 12.1. The van der Waals surface area contributed by atoms with Crippen LogP contribution in [0.25, 0.3) is 0 Å². The lowest BCUT2D eigenvalue weighted by molar-refractivity contribution is -0.122. The number of ether oxygens (including phenoxy) is 1. The maximum absolute atomic E-state index is 12.1. The molecule has 0 spiro atoms. The molecule has 1 aliphatic rings. The van der Waals surface area contributed by atoms with Crippen LogP contribution < -0.4 is 11.1 Å². The molecule has 7 nitrogen and oxygen atoms in total. The van der Waals surface area contributed by atoms with E-state index in [9.17, 15) is 9.59 Å². The second-order valence-corrected chi connectivity index (χ2v) is 7.90. The standard InChI is InChI=1S/C20H32N4O3/c1-20(2,3)27-19(26)24-13-11-23(12-14-24)10-9-22-18(25)17(21)15-16-7-5-4-6-8-16/h4-8,17H,9-15,21H2,1-3H3,(H,22,25). The van der Waals surface area contributed by atoms with E-state index < -0.39 is 11.6 Å². The van der Waals surface area contributed by atoms with Gasteiger partial charge in [-0.2, -0.15) is 0 Å². The average molecular weight is 377 g/mol. The van der Waals surface area contributed by atoms with E-state index in [1.165, 1.54) is 0 Å². The van der Waals surface area contributed by atoms with Gasteiger partial charge in [-0.05, 0) is 32.8 Å². The minimum absolute atomic E-state index is 0.133. The number of rotatable bonds is 6. The van der Waals surface area contributed by atoms with Crippen molar-refractivity contribution in [3.05, 3.63) is 35.9 Å². The Kier molecular flexibility index (Phi) is 7.62. The molecular weight excluding hydrogens is 344 g/mol. The van der Waals surface area contributed by atoms with Gasteiger partial charge in [-0.25, -0.2) is 4.79 Å². The molecule has 0 saturated carbocycles. The monoisotopic (exact) mass is 376 g/mol. The number of amides is 2. The van der Waals surface area contributed by atoms with Crippen LogP contribution in [0.1, 0.15) is 26.3 Å². The van der Waals surface area contributed by atoms with Crippen LogP contribution in [-0.4, -0.2) is 72.7 Å². The zero-order valence-corrected chi connectivity index (χ0v) is 16.6. The Morgan fingerprint density at radius 1 is 1.15 bits per heavy atom. The Hall–Kier alpha value is -2.12. The molecule has 2 rings (SSSR count). The fourth-order valence-corrected chi connectivity index (χ4v) is 2.91. The van der Waals surface area contributed by atoms with E-state index >= 15 is 0 Å². The zero-order valence-electron chi connectivity index (χ0n) is 16.6. The van der Waals surface area contributed by atoms with Crippen molar-refractivity contribution in [3.63, 3.8) is 0 Å². The first kappa shape index (κ1) is 21.2. The van der Waals surface area contributed by atoms with Crippen molar-refractivity contribution >= 4 is 12.0 Å². The van der Waals surface area contributed by atoms with E-state index in [1.807, 2.05) is 51.1 Å². The van der Waals surface area contributed by atoms with Gasteiger partial charge in [0.25, 0.3) is 0 Å². The van der Waals surface area contributed by atoms with E-state index in [1.54, 1.807) is 4.90 Å². The number of benzene rings is 1. The Balaban J connectivity index is 1.64. The van der Waals surface area contributed by atoms with Crippen LogP contribution in [-0.2, 0) is 16.0 Å². The summed E-state index contributed by atoms with van der Waals surface area (Å²) in [5.74, 6) is -0.133. The van der Waals surface area contributed by atoms with Crippen LogP contribution in [0.15, 0.2) is 30.3 Å². The molecule has 1 aromatic rings. The topological polar surface area (TPSA) is 87.9 Å². The highest BCUT2D eigenvalue weighted by Crippen LogP contribution is 2.11. The molecule has 1 saturated heterocycles. The fraction of sp³-hybridized carbons (Fsp3) is 0.600. The molecule has 0 aliphatic carbocycles. The van der Waals surface area contributed by atoms with E-state index in [4.69, 9.17) is 10.5 Å². The molecule has 2 amide bonds. The summed E-state index contributed by atoms with van der Waals surface area (Å²) in [7, 11) is 0. The molecular formula is C20H32N4O3. The lowest BCUT2D eigenvalue weighted by atomic mass is 10.1. The smallest absolute Gasteiger partial charge is 0.410 e. The summed E-state index contributed by atoms with van der Waals surface area (Å²) in [5, 5.41) is 2.90. The number of nitrogens with zero attached hydrogens (tertiary/aromatic N) is 2. The van der Waals surface area contributed by atoms with Crippen molar-refractivity contribution in [2.75, 3.05) is 39.3 Å². The largest absolute Gasteiger partial charge is 0.444 e. The van der Waals surface area contributed by atoms with E-state index in [-0.39, 0.29) is 12.0 Å². The molecule has 1 aromatic carbocycles. The van der Waals surface area contributed by atoms with Crippen molar-refractivity contribution in [2.24, 2.45) is 5.73 Å². The molecule has 1 fully saturated rings. The highest BCUT2D eigenvalue weighted by Gasteiger charge is 2.25. The summed E-state index contributed by atoms with van der Waals surface area (Å²) in [6, 6.07) is 9.22. The van der Waals surface area contributed by atoms with Gasteiger partial charge in [-0.15, -0.1) is 0 Å². The number of hydrogen-bond donors (Lipinski definition) is 2. The van der Waals surface area contributed by atoms with Crippen LogP contribution in [0.3, 0.4) is 0 Å². The molecule has 1 heterocycles. The Morgan fingerprint density at radius 3 is 2.37 bits per heavy atom. The number of nitrogens with two attached hydrogens (primary N) is 1. The van der Waals surface area contributed by atoms with Gasteiger partial charge in [0.2, 0.25) is 5.91 Å². The van der Waals surface area contributed by atoms with Gasteiger partial charge in [0.05, 0.1) is 6.04 Å². The van der Waals surface area contributed by atoms with Gasteiger partial charge in [-0.1, -0.05) is 30.3 Å². The third-order valence-electron chi connectivity index (χ3n) is 4.39. The normalized spacial score (nSPS) is 16.7. The predicted molar refractivity (Wildman–Crippen MR) is 105 cm³/mol. The molecule has 3 N–H and O–H groups in total. The number of piperazine rings is 1. The molecule has 0 radical (unpaired) electrons. The van der Waals surface area contributed by atoms with Gasteiger partial charge in [0.1, 0.15) is 5.60 Å². The highest BCUT2D eigenvalue weighted by molar-refractivity contribution is 5.81. The zero-order chi connectivity index (χ0) is 19.9. The summed E-state index contributed by atoms with van der Waals surface area (Å²) in [6.45, 7) is 9.70. The Bertz CT molecular complexity index is 607. The average Bonchev–Trinajstić information content (AvgIpc) is 2.61.